The second-order valence-corrected chi connectivity index (χ2v) is 17.2. The maximum atomic E-state index is 12.8. The van der Waals surface area contributed by atoms with E-state index in [1.54, 1.807) is 0 Å². The maximum Gasteiger partial charge on any atom is 0.306 e. The molecule has 0 aromatic heterocycles. The van der Waals surface area contributed by atoms with E-state index >= 15 is 0 Å². The Morgan fingerprint density at radius 3 is 0.852 bits per heavy atom. The van der Waals surface area contributed by atoms with Crippen LogP contribution in [0, 0.1) is 0 Å². The van der Waals surface area contributed by atoms with Crippen molar-refractivity contribution in [1.29, 1.82) is 0 Å². The van der Waals surface area contributed by atoms with Crippen LogP contribution in [0.2, 0.25) is 0 Å². The molecule has 54 heavy (non-hydrogen) atoms. The molecule has 322 valence electrons. The summed E-state index contributed by atoms with van der Waals surface area (Å²) in [6.07, 6.45) is 53.9. The molecule has 0 saturated heterocycles. The number of hydrogen-bond acceptors (Lipinski definition) is 4. The Morgan fingerprint density at radius 1 is 0.315 bits per heavy atom. The largest absolute Gasteiger partial charge is 0.462 e. The molecule has 0 rings (SSSR count). The molecule has 0 fully saturated rings. The normalized spacial score (nSPS) is 12.0. The smallest absolute Gasteiger partial charge is 0.306 e. The number of carbonyl (C=O) groups excluding carboxylic acids is 2. The number of carbonyl (C=O) groups is 2. The average molecular weight is 763 g/mol. The molecule has 0 aliphatic carbocycles. The highest BCUT2D eigenvalue weighted by Gasteiger charge is 2.17. The summed E-state index contributed by atoms with van der Waals surface area (Å²) >= 11 is 0. The van der Waals surface area contributed by atoms with Crippen molar-refractivity contribution in [2.24, 2.45) is 0 Å². The molecule has 0 aromatic rings. The molecular formula is C50H98O4. The fourth-order valence-corrected chi connectivity index (χ4v) is 7.82. The minimum absolute atomic E-state index is 0.111. The van der Waals surface area contributed by atoms with Gasteiger partial charge in [-0.1, -0.05) is 258 Å². The van der Waals surface area contributed by atoms with Crippen LogP contribution in [0.15, 0.2) is 0 Å². The Morgan fingerprint density at radius 2 is 0.556 bits per heavy atom. The second-order valence-electron chi connectivity index (χ2n) is 17.2. The van der Waals surface area contributed by atoms with Crippen molar-refractivity contribution in [3.05, 3.63) is 0 Å². The quantitative estimate of drug-likeness (QED) is 0.0458. The molecule has 0 aliphatic heterocycles. The van der Waals surface area contributed by atoms with Gasteiger partial charge in [-0.15, -0.1) is 0 Å². The maximum absolute atomic E-state index is 12.8. The first kappa shape index (κ1) is 52.9. The minimum atomic E-state index is -0.298. The van der Waals surface area contributed by atoms with E-state index in [0.29, 0.717) is 12.8 Å². The Balaban J connectivity index is 4.11. The van der Waals surface area contributed by atoms with E-state index in [0.717, 1.165) is 44.9 Å². The van der Waals surface area contributed by atoms with E-state index in [1.165, 1.54) is 218 Å². The summed E-state index contributed by atoms with van der Waals surface area (Å²) in [5, 5.41) is 0. The molecule has 0 aliphatic rings. The molecule has 0 heterocycles. The lowest BCUT2D eigenvalue weighted by Crippen LogP contribution is -2.25. The van der Waals surface area contributed by atoms with Gasteiger partial charge in [-0.25, -0.2) is 0 Å². The predicted octanol–water partition coefficient (Wildman–Crippen LogP) is 17.3. The Hall–Kier alpha value is -1.06. The van der Waals surface area contributed by atoms with Crippen molar-refractivity contribution in [2.75, 3.05) is 6.61 Å². The molecule has 1 unspecified atom stereocenters. The van der Waals surface area contributed by atoms with Crippen LogP contribution in [0.5, 0.6) is 0 Å². The first-order valence-corrected chi connectivity index (χ1v) is 25.0. The summed E-state index contributed by atoms with van der Waals surface area (Å²) in [5.41, 5.74) is 0. The van der Waals surface area contributed by atoms with Crippen LogP contribution in [0.4, 0.5) is 0 Å². The standard InChI is InChI=1S/C50H98O4/c1-4-7-10-13-16-19-22-24-26-28-30-33-36-39-42-45-49(51)53-47-48(44-41-38-35-32-21-18-15-12-9-6-3)54-50(52)46-43-40-37-34-31-29-27-25-23-20-17-14-11-8-5-2/h48H,4-47H2,1-3H3. The summed E-state index contributed by atoms with van der Waals surface area (Å²) in [7, 11) is 0. The molecule has 0 radical (unpaired) electrons. The third-order valence-electron chi connectivity index (χ3n) is 11.6. The summed E-state index contributed by atoms with van der Waals surface area (Å²) in [6.45, 7) is 7.06. The zero-order valence-electron chi connectivity index (χ0n) is 37.3. The first-order chi connectivity index (χ1) is 26.6. The third-order valence-corrected chi connectivity index (χ3v) is 11.6. The number of esters is 2. The van der Waals surface area contributed by atoms with Crippen molar-refractivity contribution in [2.45, 2.75) is 303 Å². The van der Waals surface area contributed by atoms with Gasteiger partial charge in [0.05, 0.1) is 0 Å². The van der Waals surface area contributed by atoms with Crippen LogP contribution in [0.3, 0.4) is 0 Å². The minimum Gasteiger partial charge on any atom is -0.462 e. The van der Waals surface area contributed by atoms with E-state index in [2.05, 4.69) is 20.8 Å². The zero-order chi connectivity index (χ0) is 39.3. The van der Waals surface area contributed by atoms with Crippen LogP contribution < -0.4 is 0 Å². The van der Waals surface area contributed by atoms with E-state index < -0.39 is 0 Å². The van der Waals surface area contributed by atoms with E-state index in [1.807, 2.05) is 0 Å². The monoisotopic (exact) mass is 763 g/mol. The fraction of sp³-hybridized carbons (Fsp3) is 0.960. The van der Waals surface area contributed by atoms with E-state index in [4.69, 9.17) is 9.47 Å². The van der Waals surface area contributed by atoms with Gasteiger partial charge in [-0.2, -0.15) is 0 Å². The van der Waals surface area contributed by atoms with Gasteiger partial charge in [0.25, 0.3) is 0 Å². The topological polar surface area (TPSA) is 52.6 Å². The molecule has 0 amide bonds. The van der Waals surface area contributed by atoms with Crippen LogP contribution in [-0.4, -0.2) is 24.6 Å². The van der Waals surface area contributed by atoms with Crippen molar-refractivity contribution in [3.8, 4) is 0 Å². The average Bonchev–Trinajstić information content (AvgIpc) is 3.17. The Labute approximate surface area is 339 Å². The highest BCUT2D eigenvalue weighted by atomic mass is 16.6. The van der Waals surface area contributed by atoms with E-state index in [9.17, 15) is 9.59 Å². The van der Waals surface area contributed by atoms with Crippen LogP contribution in [0.25, 0.3) is 0 Å². The molecule has 4 heteroatoms. The summed E-state index contributed by atoms with van der Waals surface area (Å²) in [5.74, 6) is -0.239. The van der Waals surface area contributed by atoms with Gasteiger partial charge < -0.3 is 9.47 Å². The van der Waals surface area contributed by atoms with Gasteiger partial charge in [0, 0.05) is 12.8 Å². The second kappa shape index (κ2) is 46.3. The molecule has 0 N–H and O–H groups in total. The SMILES string of the molecule is CCCCCCCCCCCCCCCCCC(=O)OCC(CCCCCCCCCCCC)OC(=O)CCCCCCCCCCCCCCCCC. The Bertz CT molecular complexity index is 736. The molecule has 0 saturated carbocycles. The van der Waals surface area contributed by atoms with Crippen molar-refractivity contribution < 1.29 is 19.1 Å². The van der Waals surface area contributed by atoms with Gasteiger partial charge in [-0.3, -0.25) is 9.59 Å². The molecule has 1 atom stereocenters. The van der Waals surface area contributed by atoms with Crippen LogP contribution >= 0.6 is 0 Å². The van der Waals surface area contributed by atoms with Crippen molar-refractivity contribution >= 4 is 11.9 Å². The van der Waals surface area contributed by atoms with Gasteiger partial charge in [0.2, 0.25) is 0 Å². The molecule has 4 nitrogen and oxygen atoms in total. The molecular weight excluding hydrogens is 665 g/mol. The predicted molar refractivity (Wildman–Crippen MR) is 236 cm³/mol. The lowest BCUT2D eigenvalue weighted by Gasteiger charge is -2.18. The number of unbranched alkanes of at least 4 members (excludes halogenated alkanes) is 37. The van der Waals surface area contributed by atoms with Gasteiger partial charge in [0.1, 0.15) is 12.7 Å². The lowest BCUT2D eigenvalue weighted by molar-refractivity contribution is -0.159. The van der Waals surface area contributed by atoms with Gasteiger partial charge in [-0.05, 0) is 25.7 Å². The molecule has 0 spiro atoms. The van der Waals surface area contributed by atoms with Crippen molar-refractivity contribution in [1.82, 2.24) is 0 Å². The molecule has 0 aromatic carbocycles. The zero-order valence-corrected chi connectivity index (χ0v) is 37.3. The summed E-state index contributed by atoms with van der Waals surface area (Å²) in [6, 6.07) is 0. The van der Waals surface area contributed by atoms with Crippen LogP contribution in [-0.2, 0) is 19.1 Å². The first-order valence-electron chi connectivity index (χ1n) is 25.0. The van der Waals surface area contributed by atoms with Crippen molar-refractivity contribution in [3.63, 3.8) is 0 Å². The van der Waals surface area contributed by atoms with Gasteiger partial charge >= 0.3 is 11.9 Å². The third kappa shape index (κ3) is 43.7. The highest BCUT2D eigenvalue weighted by Crippen LogP contribution is 2.18. The number of rotatable bonds is 46. The van der Waals surface area contributed by atoms with Crippen LogP contribution in [0.1, 0.15) is 297 Å². The fourth-order valence-electron chi connectivity index (χ4n) is 7.82. The number of ether oxygens (including phenoxy) is 2. The van der Waals surface area contributed by atoms with Gasteiger partial charge in [0.15, 0.2) is 0 Å². The van der Waals surface area contributed by atoms with E-state index in [-0.39, 0.29) is 24.6 Å². The summed E-state index contributed by atoms with van der Waals surface area (Å²) in [4.78, 5) is 25.4. The molecule has 0 bridgehead atoms. The number of hydrogen-bond donors (Lipinski definition) is 0. The Kier molecular flexibility index (Phi) is 45.4. The highest BCUT2D eigenvalue weighted by molar-refractivity contribution is 5.70. The summed E-state index contributed by atoms with van der Waals surface area (Å²) < 4.78 is 11.6. The lowest BCUT2D eigenvalue weighted by atomic mass is 10.0.